The molecule has 1 aliphatic heterocycles. The topological polar surface area (TPSA) is 75.6 Å². The van der Waals surface area contributed by atoms with Crippen LogP contribution in [0.2, 0.25) is 0 Å². The van der Waals surface area contributed by atoms with Gasteiger partial charge in [0.05, 0.1) is 5.56 Å². The number of aromatic nitrogens is 2. The van der Waals surface area contributed by atoms with Crippen LogP contribution in [0, 0.1) is 0 Å². The third-order valence-corrected chi connectivity index (χ3v) is 4.26. The molecule has 1 fully saturated rings. The van der Waals surface area contributed by atoms with E-state index in [0.29, 0.717) is 31.5 Å². The zero-order valence-corrected chi connectivity index (χ0v) is 13.5. The number of carbonyl (C=O) groups excluding carboxylic acids is 1. The molecule has 3 rings (SSSR count). The summed E-state index contributed by atoms with van der Waals surface area (Å²) in [7, 11) is 0. The van der Waals surface area contributed by atoms with Gasteiger partial charge in [-0.1, -0.05) is 18.2 Å². The van der Waals surface area contributed by atoms with E-state index < -0.39 is 5.60 Å². The minimum atomic E-state index is -0.919. The second-order valence-electron chi connectivity index (χ2n) is 6.10. The van der Waals surface area contributed by atoms with E-state index >= 15 is 0 Å². The quantitative estimate of drug-likeness (QED) is 0.928. The molecule has 0 radical (unpaired) electrons. The second kappa shape index (κ2) is 7.40. The van der Waals surface area contributed by atoms with Gasteiger partial charge >= 0.3 is 0 Å². The Morgan fingerprint density at radius 2 is 1.92 bits per heavy atom. The molecule has 2 heterocycles. The number of ether oxygens (including phenoxy) is 1. The number of benzene rings is 1. The fourth-order valence-corrected chi connectivity index (χ4v) is 2.85. The van der Waals surface area contributed by atoms with Crippen LogP contribution in [-0.4, -0.2) is 51.2 Å². The summed E-state index contributed by atoms with van der Waals surface area (Å²) in [5.41, 5.74) is -0.443. The minimum Gasteiger partial charge on any atom is -0.491 e. The van der Waals surface area contributed by atoms with Gasteiger partial charge in [0.2, 0.25) is 0 Å². The van der Waals surface area contributed by atoms with Crippen molar-refractivity contribution >= 4 is 5.91 Å². The Kier molecular flexibility index (Phi) is 5.05. The summed E-state index contributed by atoms with van der Waals surface area (Å²) in [6, 6.07) is 9.45. The summed E-state index contributed by atoms with van der Waals surface area (Å²) in [4.78, 5) is 22.0. The molecule has 1 aromatic carbocycles. The predicted molar refractivity (Wildman–Crippen MR) is 88.7 cm³/mol. The molecule has 0 bridgehead atoms. The van der Waals surface area contributed by atoms with Gasteiger partial charge in [-0.25, -0.2) is 9.97 Å². The lowest BCUT2D eigenvalue weighted by Gasteiger charge is -2.27. The highest BCUT2D eigenvalue weighted by atomic mass is 16.5. The van der Waals surface area contributed by atoms with Crippen molar-refractivity contribution in [2.45, 2.75) is 24.9 Å². The van der Waals surface area contributed by atoms with Gasteiger partial charge in [0.25, 0.3) is 5.91 Å². The highest BCUT2D eigenvalue weighted by Crippen LogP contribution is 2.24. The van der Waals surface area contributed by atoms with Crippen molar-refractivity contribution in [3.8, 4) is 5.75 Å². The van der Waals surface area contributed by atoms with E-state index in [1.165, 1.54) is 18.7 Å². The molecule has 0 spiro atoms. The number of carbonyl (C=O) groups is 1. The number of hydrogen-bond donors (Lipinski definition) is 1. The summed E-state index contributed by atoms with van der Waals surface area (Å²) < 4.78 is 5.71. The number of rotatable bonds is 4. The molecule has 1 aliphatic rings. The van der Waals surface area contributed by atoms with E-state index in [-0.39, 0.29) is 12.5 Å². The molecule has 126 valence electrons. The van der Waals surface area contributed by atoms with Gasteiger partial charge < -0.3 is 14.7 Å². The lowest BCUT2D eigenvalue weighted by molar-refractivity contribution is -0.0163. The van der Waals surface area contributed by atoms with Gasteiger partial charge in [0.1, 0.15) is 24.3 Å². The number of amides is 1. The third-order valence-electron chi connectivity index (χ3n) is 4.26. The number of nitrogens with zero attached hydrogens (tertiary/aromatic N) is 3. The first kappa shape index (κ1) is 16.4. The Hall–Kier alpha value is -2.47. The Bertz CT molecular complexity index is 666. The van der Waals surface area contributed by atoms with Crippen molar-refractivity contribution in [1.29, 1.82) is 0 Å². The highest BCUT2D eigenvalue weighted by Gasteiger charge is 2.32. The van der Waals surface area contributed by atoms with Crippen LogP contribution in [-0.2, 0) is 0 Å². The molecular formula is C18H21N3O3. The van der Waals surface area contributed by atoms with E-state index in [4.69, 9.17) is 4.74 Å². The van der Waals surface area contributed by atoms with E-state index in [2.05, 4.69) is 9.97 Å². The van der Waals surface area contributed by atoms with Crippen molar-refractivity contribution in [2.75, 3.05) is 19.7 Å². The van der Waals surface area contributed by atoms with E-state index in [9.17, 15) is 9.90 Å². The lowest BCUT2D eigenvalue weighted by Crippen LogP contribution is -2.38. The number of aliphatic hydroxyl groups is 1. The second-order valence-corrected chi connectivity index (χ2v) is 6.10. The fourth-order valence-electron chi connectivity index (χ4n) is 2.85. The molecule has 1 N–H and O–H groups in total. The van der Waals surface area contributed by atoms with Crippen LogP contribution in [0.3, 0.4) is 0 Å². The summed E-state index contributed by atoms with van der Waals surface area (Å²) >= 11 is 0. The summed E-state index contributed by atoms with van der Waals surface area (Å²) in [5.74, 6) is 0.647. The molecule has 1 atom stereocenters. The molecule has 6 heteroatoms. The summed E-state index contributed by atoms with van der Waals surface area (Å²) in [6.07, 6.45) is 6.26. The van der Waals surface area contributed by atoms with Crippen molar-refractivity contribution in [1.82, 2.24) is 14.9 Å². The molecule has 1 amide bonds. The van der Waals surface area contributed by atoms with Crippen molar-refractivity contribution in [3.05, 3.63) is 54.6 Å². The highest BCUT2D eigenvalue weighted by molar-refractivity contribution is 5.93. The van der Waals surface area contributed by atoms with Crippen LogP contribution in [0.25, 0.3) is 0 Å². The monoisotopic (exact) mass is 327 g/mol. The zero-order valence-electron chi connectivity index (χ0n) is 13.5. The van der Waals surface area contributed by atoms with E-state index in [1.54, 1.807) is 4.90 Å². The van der Waals surface area contributed by atoms with Gasteiger partial charge in [0.15, 0.2) is 0 Å². The van der Waals surface area contributed by atoms with Crippen molar-refractivity contribution in [2.24, 2.45) is 0 Å². The summed E-state index contributed by atoms with van der Waals surface area (Å²) in [5, 5.41) is 10.8. The first-order valence-corrected chi connectivity index (χ1v) is 8.11. The van der Waals surface area contributed by atoms with Crippen molar-refractivity contribution in [3.63, 3.8) is 0 Å². The van der Waals surface area contributed by atoms with Crippen LogP contribution in [0.1, 0.15) is 29.6 Å². The number of hydrogen-bond acceptors (Lipinski definition) is 5. The number of para-hydroxylation sites is 1. The molecule has 2 aromatic rings. The third kappa shape index (κ3) is 4.08. The van der Waals surface area contributed by atoms with Gasteiger partial charge in [-0.2, -0.15) is 0 Å². The average Bonchev–Trinajstić information content (AvgIpc) is 2.83. The molecule has 1 saturated heterocycles. The maximum absolute atomic E-state index is 12.5. The maximum atomic E-state index is 12.5. The summed E-state index contributed by atoms with van der Waals surface area (Å²) in [6.45, 7) is 1.33. The Balaban J connectivity index is 1.59. The van der Waals surface area contributed by atoms with Crippen molar-refractivity contribution < 1.29 is 14.6 Å². The Morgan fingerprint density at radius 1 is 1.17 bits per heavy atom. The predicted octanol–water partition coefficient (Wildman–Crippen LogP) is 1.91. The van der Waals surface area contributed by atoms with Crippen LogP contribution in [0.15, 0.2) is 49.1 Å². The van der Waals surface area contributed by atoms with E-state index in [0.717, 1.165) is 12.2 Å². The molecule has 0 aliphatic carbocycles. The van der Waals surface area contributed by atoms with Crippen LogP contribution in [0.5, 0.6) is 5.75 Å². The van der Waals surface area contributed by atoms with Gasteiger partial charge in [-0.05, 0) is 31.4 Å². The zero-order chi connectivity index (χ0) is 16.8. The van der Waals surface area contributed by atoms with Gasteiger partial charge in [-0.15, -0.1) is 0 Å². The standard InChI is InChI=1S/C18H21N3O3/c22-17(15-11-19-14-20-12-15)21-9-4-7-18(23,8-10-21)13-24-16-5-2-1-3-6-16/h1-3,5-6,11-12,14,23H,4,7-10,13H2. The van der Waals surface area contributed by atoms with Gasteiger partial charge in [0, 0.05) is 25.5 Å². The largest absolute Gasteiger partial charge is 0.491 e. The first-order chi connectivity index (χ1) is 11.7. The Labute approximate surface area is 141 Å². The smallest absolute Gasteiger partial charge is 0.256 e. The SMILES string of the molecule is O=C(c1cncnc1)N1CCCC(O)(COc2ccccc2)CC1. The fraction of sp³-hybridized carbons (Fsp3) is 0.389. The molecule has 0 saturated carbocycles. The number of likely N-dealkylation sites (tertiary alicyclic amines) is 1. The minimum absolute atomic E-state index is 0.0937. The maximum Gasteiger partial charge on any atom is 0.256 e. The van der Waals surface area contributed by atoms with Gasteiger partial charge in [-0.3, -0.25) is 4.79 Å². The molecule has 6 nitrogen and oxygen atoms in total. The van der Waals surface area contributed by atoms with E-state index in [1.807, 2.05) is 30.3 Å². The normalized spacial score (nSPS) is 21.1. The molecule has 24 heavy (non-hydrogen) atoms. The molecule has 1 unspecified atom stereocenters. The van der Waals surface area contributed by atoms with Crippen LogP contribution in [0.4, 0.5) is 0 Å². The Morgan fingerprint density at radius 3 is 2.67 bits per heavy atom. The van der Waals surface area contributed by atoms with Crippen LogP contribution >= 0.6 is 0 Å². The molecular weight excluding hydrogens is 306 g/mol. The first-order valence-electron chi connectivity index (χ1n) is 8.11. The average molecular weight is 327 g/mol. The lowest BCUT2D eigenvalue weighted by atomic mass is 9.96. The van der Waals surface area contributed by atoms with Crippen LogP contribution < -0.4 is 4.74 Å². The molecule has 1 aromatic heterocycles.